The molecule has 1 heterocycles. The number of nitriles is 1. The van der Waals surface area contributed by atoms with E-state index in [1.54, 1.807) is 18.2 Å². The molecule has 0 aliphatic heterocycles. The zero-order valence-corrected chi connectivity index (χ0v) is 17.1. The second kappa shape index (κ2) is 9.62. The summed E-state index contributed by atoms with van der Waals surface area (Å²) in [7, 11) is 1.50. The first kappa shape index (κ1) is 20.9. The predicted molar refractivity (Wildman–Crippen MR) is 110 cm³/mol. The summed E-state index contributed by atoms with van der Waals surface area (Å²) in [4.78, 5) is 25.2. The number of nitrogens with one attached hydrogen (secondary N) is 2. The average Bonchev–Trinajstić information content (AvgIpc) is 3.17. The molecule has 1 saturated carbocycles. The molecule has 152 valence electrons. The van der Waals surface area contributed by atoms with Crippen molar-refractivity contribution in [2.45, 2.75) is 50.5 Å². The van der Waals surface area contributed by atoms with Gasteiger partial charge in [-0.15, -0.1) is 0 Å². The highest BCUT2D eigenvalue weighted by Gasteiger charge is 2.29. The van der Waals surface area contributed by atoms with Gasteiger partial charge in [-0.3, -0.25) is 9.59 Å². The van der Waals surface area contributed by atoms with Crippen molar-refractivity contribution in [1.29, 1.82) is 5.26 Å². The first-order chi connectivity index (χ1) is 14.0. The fraction of sp³-hybridized carbons (Fsp3) is 0.409. The van der Waals surface area contributed by atoms with E-state index in [4.69, 9.17) is 16.0 Å². The molecule has 1 fully saturated rings. The van der Waals surface area contributed by atoms with E-state index in [0.29, 0.717) is 10.8 Å². The molecule has 3 rings (SSSR count). The minimum atomic E-state index is -0.510. The zero-order chi connectivity index (χ0) is 20.8. The van der Waals surface area contributed by atoms with Crippen molar-refractivity contribution < 1.29 is 14.0 Å². The Morgan fingerprint density at radius 1 is 1.24 bits per heavy atom. The molecule has 1 aliphatic carbocycles. The van der Waals surface area contributed by atoms with E-state index in [1.165, 1.54) is 19.5 Å². The van der Waals surface area contributed by atoms with Gasteiger partial charge in [0.05, 0.1) is 17.6 Å². The fourth-order valence-electron chi connectivity index (χ4n) is 3.76. The van der Waals surface area contributed by atoms with Crippen LogP contribution in [0.15, 0.2) is 34.7 Å². The van der Waals surface area contributed by atoms with Gasteiger partial charge in [-0.2, -0.15) is 5.26 Å². The van der Waals surface area contributed by atoms with Crippen LogP contribution in [0, 0.1) is 11.3 Å². The molecule has 0 unspecified atom stereocenters. The fourth-order valence-corrected chi connectivity index (χ4v) is 3.96. The molecule has 0 saturated heterocycles. The van der Waals surface area contributed by atoms with Crippen LogP contribution in [0.4, 0.5) is 0 Å². The molecular weight excluding hydrogens is 390 g/mol. The summed E-state index contributed by atoms with van der Waals surface area (Å²) in [6.45, 7) is 0. The van der Waals surface area contributed by atoms with Gasteiger partial charge in [0.25, 0.3) is 11.8 Å². The van der Waals surface area contributed by atoms with Gasteiger partial charge in [-0.05, 0) is 30.5 Å². The van der Waals surface area contributed by atoms with Crippen LogP contribution in [0.3, 0.4) is 0 Å². The maximum Gasteiger partial charge on any atom is 0.286 e. The number of rotatable bonds is 6. The van der Waals surface area contributed by atoms with E-state index in [9.17, 15) is 14.9 Å². The molecule has 6 nitrogen and oxygen atoms in total. The summed E-state index contributed by atoms with van der Waals surface area (Å²) < 4.78 is 5.82. The van der Waals surface area contributed by atoms with Gasteiger partial charge in [0, 0.05) is 30.6 Å². The molecule has 1 aromatic carbocycles. The first-order valence-electron chi connectivity index (χ1n) is 9.82. The third-order valence-electron chi connectivity index (χ3n) is 5.26. The lowest BCUT2D eigenvalue weighted by Crippen LogP contribution is -2.36. The lowest BCUT2D eigenvalue weighted by molar-refractivity contribution is 0.0918. The molecule has 1 atom stereocenters. The van der Waals surface area contributed by atoms with Crippen LogP contribution >= 0.6 is 11.6 Å². The summed E-state index contributed by atoms with van der Waals surface area (Å²) in [5.41, 5.74) is 1.04. The Balaban J connectivity index is 2.00. The SMILES string of the molecule is CNC(=O)c1cc(C(=O)NC2CCCCC2)c([C@@H](CC#N)c2cccc(Cl)c2)o1. The molecule has 0 bridgehead atoms. The Bertz CT molecular complexity index is 926. The van der Waals surface area contributed by atoms with Gasteiger partial charge >= 0.3 is 0 Å². The minimum absolute atomic E-state index is 0.0428. The number of hydrogen-bond acceptors (Lipinski definition) is 4. The van der Waals surface area contributed by atoms with Crippen LogP contribution in [-0.4, -0.2) is 24.9 Å². The van der Waals surface area contributed by atoms with E-state index >= 15 is 0 Å². The Morgan fingerprint density at radius 2 is 2.00 bits per heavy atom. The topological polar surface area (TPSA) is 95.1 Å². The first-order valence-corrected chi connectivity index (χ1v) is 10.2. The summed E-state index contributed by atoms with van der Waals surface area (Å²) in [6.07, 6.45) is 5.33. The van der Waals surface area contributed by atoms with Gasteiger partial charge < -0.3 is 15.1 Å². The minimum Gasteiger partial charge on any atom is -0.454 e. The molecule has 7 heteroatoms. The Morgan fingerprint density at radius 3 is 2.66 bits per heavy atom. The largest absolute Gasteiger partial charge is 0.454 e. The van der Waals surface area contributed by atoms with Crippen molar-refractivity contribution in [2.75, 3.05) is 7.05 Å². The summed E-state index contributed by atoms with van der Waals surface area (Å²) in [6, 6.07) is 10.8. The summed E-state index contributed by atoms with van der Waals surface area (Å²) >= 11 is 6.13. The van der Waals surface area contributed by atoms with Gasteiger partial charge in [-0.25, -0.2) is 0 Å². The predicted octanol–water partition coefficient (Wildman–Crippen LogP) is 4.40. The van der Waals surface area contributed by atoms with Crippen molar-refractivity contribution in [3.63, 3.8) is 0 Å². The summed E-state index contributed by atoms with van der Waals surface area (Å²) in [5, 5.41) is 15.5. The molecule has 1 aromatic heterocycles. The summed E-state index contributed by atoms with van der Waals surface area (Å²) in [5.74, 6) is -0.869. The molecule has 2 aromatic rings. The smallest absolute Gasteiger partial charge is 0.286 e. The Hall–Kier alpha value is -2.78. The molecule has 2 N–H and O–H groups in total. The lowest BCUT2D eigenvalue weighted by Gasteiger charge is -2.23. The number of amides is 2. The molecule has 2 amide bonds. The van der Waals surface area contributed by atoms with E-state index in [2.05, 4.69) is 16.7 Å². The second-order valence-electron chi connectivity index (χ2n) is 7.25. The van der Waals surface area contributed by atoms with Crippen LogP contribution in [0.5, 0.6) is 0 Å². The number of carbonyl (C=O) groups excluding carboxylic acids is 2. The number of halogens is 1. The lowest BCUT2D eigenvalue weighted by atomic mass is 9.91. The number of benzene rings is 1. The van der Waals surface area contributed by atoms with Gasteiger partial charge in [0.15, 0.2) is 5.76 Å². The number of furan rings is 1. The van der Waals surface area contributed by atoms with Crippen LogP contribution in [0.1, 0.15) is 76.7 Å². The highest BCUT2D eigenvalue weighted by molar-refractivity contribution is 6.30. The van der Waals surface area contributed by atoms with Crippen LogP contribution < -0.4 is 10.6 Å². The number of hydrogen-bond donors (Lipinski definition) is 2. The molecular formula is C22H24ClN3O3. The van der Waals surface area contributed by atoms with Crippen LogP contribution in [-0.2, 0) is 0 Å². The van der Waals surface area contributed by atoms with Gasteiger partial charge in [0.2, 0.25) is 0 Å². The highest BCUT2D eigenvalue weighted by Crippen LogP contribution is 2.34. The Labute approximate surface area is 175 Å². The van der Waals surface area contributed by atoms with E-state index in [0.717, 1.165) is 31.2 Å². The average molecular weight is 414 g/mol. The van der Waals surface area contributed by atoms with Gasteiger partial charge in [-0.1, -0.05) is 43.0 Å². The Kier molecular flexibility index (Phi) is 6.95. The molecule has 1 aliphatic rings. The van der Waals surface area contributed by atoms with Crippen molar-refractivity contribution in [3.05, 3.63) is 58.0 Å². The second-order valence-corrected chi connectivity index (χ2v) is 7.68. The number of carbonyl (C=O) groups is 2. The van der Waals surface area contributed by atoms with Gasteiger partial charge in [0.1, 0.15) is 5.76 Å². The maximum atomic E-state index is 13.1. The van der Waals surface area contributed by atoms with Crippen molar-refractivity contribution in [3.8, 4) is 6.07 Å². The van der Waals surface area contributed by atoms with E-state index in [1.807, 2.05) is 6.07 Å². The normalized spacial score (nSPS) is 15.3. The third-order valence-corrected chi connectivity index (χ3v) is 5.49. The zero-order valence-electron chi connectivity index (χ0n) is 16.3. The van der Waals surface area contributed by atoms with Crippen molar-refractivity contribution in [1.82, 2.24) is 10.6 Å². The quantitative estimate of drug-likeness (QED) is 0.733. The van der Waals surface area contributed by atoms with E-state index in [-0.39, 0.29) is 29.7 Å². The maximum absolute atomic E-state index is 13.1. The molecule has 29 heavy (non-hydrogen) atoms. The third kappa shape index (κ3) is 4.99. The van der Waals surface area contributed by atoms with E-state index < -0.39 is 11.8 Å². The highest BCUT2D eigenvalue weighted by atomic mass is 35.5. The van der Waals surface area contributed by atoms with Crippen LogP contribution in [0.25, 0.3) is 0 Å². The molecule has 0 radical (unpaired) electrons. The molecule has 0 spiro atoms. The van der Waals surface area contributed by atoms with Crippen molar-refractivity contribution >= 4 is 23.4 Å². The standard InChI is InChI=1S/C22H24ClN3O3/c1-25-22(28)19-13-18(21(27)26-16-8-3-2-4-9-16)20(29-19)17(10-11-24)14-6-5-7-15(23)12-14/h5-7,12-13,16-17H,2-4,8-10H2,1H3,(H,25,28)(H,26,27)/t17-/m0/s1. The van der Waals surface area contributed by atoms with Crippen LogP contribution in [0.2, 0.25) is 5.02 Å². The number of nitrogens with zero attached hydrogens (tertiary/aromatic N) is 1. The van der Waals surface area contributed by atoms with Crippen molar-refractivity contribution in [2.24, 2.45) is 0 Å². The monoisotopic (exact) mass is 413 g/mol.